The molecule has 5 heteroatoms. The number of nitrogens with one attached hydrogen (secondary N) is 1. The van der Waals surface area contributed by atoms with Gasteiger partial charge in [0.05, 0.1) is 6.54 Å². The molecule has 4 nitrogen and oxygen atoms in total. The molecule has 0 aliphatic carbocycles. The molecule has 1 aromatic carbocycles. The second-order valence-corrected chi connectivity index (χ2v) is 5.12. The van der Waals surface area contributed by atoms with Crippen LogP contribution in [-0.2, 0) is 4.79 Å². The summed E-state index contributed by atoms with van der Waals surface area (Å²) in [5.41, 5.74) is 6.93. The predicted molar refractivity (Wildman–Crippen MR) is 78.7 cm³/mol. The van der Waals surface area contributed by atoms with Crippen molar-refractivity contribution in [3.8, 4) is 0 Å². The Bertz CT molecular complexity index is 420. The monoisotopic (exact) mass is 281 g/mol. The maximum atomic E-state index is 13.0. The quantitative estimate of drug-likeness (QED) is 0.799. The third kappa shape index (κ3) is 4.90. The van der Waals surface area contributed by atoms with Gasteiger partial charge in [-0.3, -0.25) is 9.69 Å². The minimum Gasteiger partial charge on any atom is -0.355 e. The van der Waals surface area contributed by atoms with E-state index in [1.807, 2.05) is 25.8 Å². The number of likely N-dealkylation sites (N-methyl/N-ethyl adjacent to an activating group) is 1. The third-order valence-corrected chi connectivity index (χ3v) is 3.15. The number of nitrogens with two attached hydrogens (primary N) is 1. The number of nitrogens with zero attached hydrogens (tertiary/aromatic N) is 1. The molecule has 0 bridgehead atoms. The Kier molecular flexibility index (Phi) is 6.61. The van der Waals surface area contributed by atoms with Gasteiger partial charge in [0, 0.05) is 18.6 Å². The zero-order valence-electron chi connectivity index (χ0n) is 12.4. The Balaban J connectivity index is 2.75. The van der Waals surface area contributed by atoms with E-state index in [1.165, 1.54) is 12.1 Å². The summed E-state index contributed by atoms with van der Waals surface area (Å²) in [5, 5.41) is 2.84. The van der Waals surface area contributed by atoms with Crippen LogP contribution in [0, 0.1) is 5.82 Å². The fraction of sp³-hybridized carbons (Fsp3) is 0.533. The lowest BCUT2D eigenvalue weighted by molar-refractivity contribution is -0.122. The van der Waals surface area contributed by atoms with Crippen LogP contribution in [0.3, 0.4) is 0 Å². The second kappa shape index (κ2) is 7.97. The average Bonchev–Trinajstić information content (AvgIpc) is 2.38. The summed E-state index contributed by atoms with van der Waals surface area (Å²) in [5.74, 6) is -0.303. The molecule has 0 saturated carbocycles. The summed E-state index contributed by atoms with van der Waals surface area (Å²) in [7, 11) is 1.85. The van der Waals surface area contributed by atoms with Gasteiger partial charge >= 0.3 is 0 Å². The van der Waals surface area contributed by atoms with E-state index in [0.29, 0.717) is 6.54 Å². The topological polar surface area (TPSA) is 58.4 Å². The zero-order chi connectivity index (χ0) is 15.1. The van der Waals surface area contributed by atoms with E-state index in [0.717, 1.165) is 12.0 Å². The molecule has 0 radical (unpaired) electrons. The van der Waals surface area contributed by atoms with E-state index in [2.05, 4.69) is 5.32 Å². The van der Waals surface area contributed by atoms with Crippen molar-refractivity contribution in [1.82, 2.24) is 10.2 Å². The fourth-order valence-electron chi connectivity index (χ4n) is 2.26. The van der Waals surface area contributed by atoms with Crippen LogP contribution < -0.4 is 11.1 Å². The minimum atomic E-state index is -0.277. The average molecular weight is 281 g/mol. The van der Waals surface area contributed by atoms with E-state index < -0.39 is 0 Å². The molecule has 0 aromatic heterocycles. The summed E-state index contributed by atoms with van der Waals surface area (Å²) in [6.45, 7) is 4.83. The van der Waals surface area contributed by atoms with E-state index in [-0.39, 0.29) is 30.4 Å². The van der Waals surface area contributed by atoms with Crippen LogP contribution in [0.25, 0.3) is 0 Å². The molecule has 2 unspecified atom stereocenters. The molecule has 1 amide bonds. The smallest absolute Gasteiger partial charge is 0.234 e. The van der Waals surface area contributed by atoms with Gasteiger partial charge in [-0.15, -0.1) is 0 Å². The maximum absolute atomic E-state index is 13.0. The largest absolute Gasteiger partial charge is 0.355 e. The number of hydrogen-bond donors (Lipinski definition) is 2. The molecule has 0 saturated heterocycles. The van der Waals surface area contributed by atoms with Gasteiger partial charge in [-0.1, -0.05) is 19.1 Å². The number of carbonyl (C=O) groups excluding carboxylic acids is 1. The highest BCUT2D eigenvalue weighted by molar-refractivity contribution is 5.78. The first kappa shape index (κ1) is 16.6. The predicted octanol–water partition coefficient (Wildman–Crippen LogP) is 1.67. The SMILES string of the molecule is CCCNC(=O)CN(C)C(c1ccc(F)cc1)C(C)N. The first-order chi connectivity index (χ1) is 9.45. The number of rotatable bonds is 7. The lowest BCUT2D eigenvalue weighted by Crippen LogP contribution is -2.42. The highest BCUT2D eigenvalue weighted by atomic mass is 19.1. The molecule has 0 spiro atoms. The summed E-state index contributed by atoms with van der Waals surface area (Å²) in [4.78, 5) is 13.7. The molecule has 20 heavy (non-hydrogen) atoms. The Labute approximate surface area is 120 Å². The Morgan fingerprint density at radius 3 is 2.50 bits per heavy atom. The molecule has 0 aliphatic heterocycles. The van der Waals surface area contributed by atoms with Gasteiger partial charge in [0.1, 0.15) is 5.82 Å². The lowest BCUT2D eigenvalue weighted by Gasteiger charge is -2.31. The summed E-state index contributed by atoms with van der Waals surface area (Å²) >= 11 is 0. The van der Waals surface area contributed by atoms with E-state index in [4.69, 9.17) is 5.73 Å². The Hall–Kier alpha value is -1.46. The van der Waals surface area contributed by atoms with Crippen molar-refractivity contribution in [3.05, 3.63) is 35.6 Å². The van der Waals surface area contributed by atoms with Gasteiger partial charge in [-0.05, 0) is 38.1 Å². The second-order valence-electron chi connectivity index (χ2n) is 5.12. The van der Waals surface area contributed by atoms with Crippen LogP contribution in [0.1, 0.15) is 31.9 Å². The Morgan fingerprint density at radius 2 is 2.00 bits per heavy atom. The Morgan fingerprint density at radius 1 is 1.40 bits per heavy atom. The van der Waals surface area contributed by atoms with Crippen molar-refractivity contribution >= 4 is 5.91 Å². The van der Waals surface area contributed by atoms with Crippen LogP contribution >= 0.6 is 0 Å². The van der Waals surface area contributed by atoms with Gasteiger partial charge in [0.2, 0.25) is 5.91 Å². The maximum Gasteiger partial charge on any atom is 0.234 e. The van der Waals surface area contributed by atoms with Gasteiger partial charge in [-0.25, -0.2) is 4.39 Å². The van der Waals surface area contributed by atoms with Crippen LogP contribution in [0.4, 0.5) is 4.39 Å². The highest BCUT2D eigenvalue weighted by Crippen LogP contribution is 2.22. The summed E-state index contributed by atoms with van der Waals surface area (Å²) in [6.07, 6.45) is 0.907. The standard InChI is InChI=1S/C15H24FN3O/c1-4-9-18-14(20)10-19(3)15(11(2)17)12-5-7-13(16)8-6-12/h5-8,11,15H,4,9-10,17H2,1-3H3,(H,18,20). The van der Waals surface area contributed by atoms with E-state index in [1.54, 1.807) is 12.1 Å². The van der Waals surface area contributed by atoms with Gasteiger partial charge in [-0.2, -0.15) is 0 Å². The molecule has 0 heterocycles. The normalized spacial score (nSPS) is 14.1. The van der Waals surface area contributed by atoms with Crippen molar-refractivity contribution in [2.24, 2.45) is 5.73 Å². The summed E-state index contributed by atoms with van der Waals surface area (Å²) < 4.78 is 13.0. The zero-order valence-corrected chi connectivity index (χ0v) is 12.4. The number of benzene rings is 1. The van der Waals surface area contributed by atoms with Crippen LogP contribution in [0.15, 0.2) is 24.3 Å². The summed E-state index contributed by atoms with van der Waals surface area (Å²) in [6, 6.07) is 5.96. The third-order valence-electron chi connectivity index (χ3n) is 3.15. The molecule has 0 aliphatic rings. The van der Waals surface area contributed by atoms with E-state index >= 15 is 0 Å². The minimum absolute atomic E-state index is 0.0258. The lowest BCUT2D eigenvalue weighted by atomic mass is 9.99. The van der Waals surface area contributed by atoms with Crippen LogP contribution in [-0.4, -0.2) is 37.0 Å². The van der Waals surface area contributed by atoms with Crippen LogP contribution in [0.5, 0.6) is 0 Å². The first-order valence-electron chi connectivity index (χ1n) is 6.93. The molecule has 1 aromatic rings. The molecular formula is C15H24FN3O. The number of carbonyl (C=O) groups is 1. The van der Waals surface area contributed by atoms with Crippen LogP contribution in [0.2, 0.25) is 0 Å². The van der Waals surface area contributed by atoms with Crippen molar-refractivity contribution in [2.45, 2.75) is 32.4 Å². The van der Waals surface area contributed by atoms with E-state index in [9.17, 15) is 9.18 Å². The number of halogens is 1. The highest BCUT2D eigenvalue weighted by Gasteiger charge is 2.22. The molecule has 0 fully saturated rings. The van der Waals surface area contributed by atoms with Gasteiger partial charge in [0.15, 0.2) is 0 Å². The van der Waals surface area contributed by atoms with Gasteiger partial charge < -0.3 is 11.1 Å². The van der Waals surface area contributed by atoms with Crippen molar-refractivity contribution in [3.63, 3.8) is 0 Å². The molecule has 2 atom stereocenters. The number of amides is 1. The molecule has 3 N–H and O–H groups in total. The molecular weight excluding hydrogens is 257 g/mol. The fourth-order valence-corrected chi connectivity index (χ4v) is 2.26. The molecule has 1 rings (SSSR count). The van der Waals surface area contributed by atoms with Crippen molar-refractivity contribution in [2.75, 3.05) is 20.1 Å². The van der Waals surface area contributed by atoms with Crippen molar-refractivity contribution in [1.29, 1.82) is 0 Å². The molecule has 112 valence electrons. The number of hydrogen-bond acceptors (Lipinski definition) is 3. The van der Waals surface area contributed by atoms with Crippen molar-refractivity contribution < 1.29 is 9.18 Å². The first-order valence-corrected chi connectivity index (χ1v) is 6.93. The van der Waals surface area contributed by atoms with Gasteiger partial charge in [0.25, 0.3) is 0 Å².